The van der Waals surface area contributed by atoms with Crippen LogP contribution in [0.2, 0.25) is 10.0 Å². The van der Waals surface area contributed by atoms with Crippen molar-refractivity contribution >= 4 is 40.7 Å². The summed E-state index contributed by atoms with van der Waals surface area (Å²) in [5.41, 5.74) is 0.913. The van der Waals surface area contributed by atoms with Crippen molar-refractivity contribution in [1.82, 2.24) is 9.88 Å². The molecule has 1 atom stereocenters. The molecule has 3 aromatic rings. The number of ketones is 1. The zero-order valence-electron chi connectivity index (χ0n) is 17.3. The molecule has 1 fully saturated rings. The third-order valence-electron chi connectivity index (χ3n) is 5.32. The van der Waals surface area contributed by atoms with Crippen LogP contribution in [0.1, 0.15) is 22.7 Å². The van der Waals surface area contributed by atoms with Crippen molar-refractivity contribution < 1.29 is 23.8 Å². The van der Waals surface area contributed by atoms with Gasteiger partial charge in [-0.3, -0.25) is 14.6 Å². The third-order valence-corrected chi connectivity index (χ3v) is 6.06. The Hall–Kier alpha value is -3.42. The molecule has 0 spiro atoms. The van der Waals surface area contributed by atoms with E-state index in [-0.39, 0.29) is 28.5 Å². The molecule has 6 nitrogen and oxygen atoms in total. The van der Waals surface area contributed by atoms with Crippen molar-refractivity contribution in [2.75, 3.05) is 7.11 Å². The Labute approximate surface area is 198 Å². The SMILES string of the molecule is COc1ccc(F)cc1/C(O)=C1\C(=O)C(=O)N(Cc2ccncc2)C1c1ccc(Cl)c(Cl)c1. The smallest absolute Gasteiger partial charge is 0.295 e. The molecular formula is C24H17Cl2FN2O4. The number of rotatable bonds is 5. The molecule has 0 saturated carbocycles. The van der Waals surface area contributed by atoms with Crippen molar-refractivity contribution in [3.05, 3.63) is 99.1 Å². The molecule has 4 rings (SSSR count). The van der Waals surface area contributed by atoms with E-state index in [0.29, 0.717) is 10.6 Å². The predicted molar refractivity (Wildman–Crippen MR) is 121 cm³/mol. The third kappa shape index (κ3) is 4.29. The number of benzene rings is 2. The number of amides is 1. The number of aliphatic hydroxyl groups is 1. The summed E-state index contributed by atoms with van der Waals surface area (Å²) in [4.78, 5) is 31.5. The highest BCUT2D eigenvalue weighted by Crippen LogP contribution is 2.42. The number of carbonyl (C=O) groups is 2. The first-order valence-corrected chi connectivity index (χ1v) is 10.5. The topological polar surface area (TPSA) is 79.7 Å². The number of pyridine rings is 1. The molecule has 1 aliphatic heterocycles. The number of hydrogen-bond acceptors (Lipinski definition) is 5. The first-order valence-electron chi connectivity index (χ1n) is 9.78. The van der Waals surface area contributed by atoms with E-state index in [2.05, 4.69) is 4.98 Å². The lowest BCUT2D eigenvalue weighted by molar-refractivity contribution is -0.140. The van der Waals surface area contributed by atoms with Crippen molar-refractivity contribution in [1.29, 1.82) is 0 Å². The Kier molecular flexibility index (Phi) is 6.35. The molecule has 9 heteroatoms. The first kappa shape index (κ1) is 22.8. The minimum absolute atomic E-state index is 0.0514. The van der Waals surface area contributed by atoms with E-state index in [9.17, 15) is 19.1 Å². The maximum absolute atomic E-state index is 14.0. The summed E-state index contributed by atoms with van der Waals surface area (Å²) in [7, 11) is 1.35. The normalized spacial score (nSPS) is 17.5. The monoisotopic (exact) mass is 486 g/mol. The number of halogens is 3. The van der Waals surface area contributed by atoms with Gasteiger partial charge in [-0.2, -0.15) is 0 Å². The Morgan fingerprint density at radius 1 is 1.09 bits per heavy atom. The summed E-state index contributed by atoms with van der Waals surface area (Å²) in [6, 6.07) is 10.6. The van der Waals surface area contributed by atoms with Crippen molar-refractivity contribution in [3.8, 4) is 5.75 Å². The summed E-state index contributed by atoms with van der Waals surface area (Å²) in [6.45, 7) is 0.0646. The lowest BCUT2D eigenvalue weighted by Gasteiger charge is -2.26. The van der Waals surface area contributed by atoms with E-state index in [4.69, 9.17) is 27.9 Å². The van der Waals surface area contributed by atoms with E-state index in [1.54, 1.807) is 30.6 Å². The highest BCUT2D eigenvalue weighted by atomic mass is 35.5. The maximum atomic E-state index is 14.0. The van der Waals surface area contributed by atoms with Gasteiger partial charge in [0.2, 0.25) is 0 Å². The van der Waals surface area contributed by atoms with Crippen LogP contribution in [0.15, 0.2) is 66.5 Å². The Morgan fingerprint density at radius 3 is 2.48 bits per heavy atom. The molecule has 2 aromatic carbocycles. The van der Waals surface area contributed by atoms with Crippen LogP contribution in [0.25, 0.3) is 5.76 Å². The second kappa shape index (κ2) is 9.21. The van der Waals surface area contributed by atoms with Gasteiger partial charge in [-0.1, -0.05) is 29.3 Å². The Bertz CT molecular complexity index is 1280. The molecule has 1 aromatic heterocycles. The lowest BCUT2D eigenvalue weighted by atomic mass is 9.95. The minimum atomic E-state index is -0.999. The van der Waals surface area contributed by atoms with Crippen molar-refractivity contribution in [2.24, 2.45) is 0 Å². The van der Waals surface area contributed by atoms with E-state index in [1.165, 1.54) is 30.2 Å². The fourth-order valence-electron chi connectivity index (χ4n) is 3.77. The molecule has 0 bridgehead atoms. The van der Waals surface area contributed by atoms with Crippen LogP contribution in [0.4, 0.5) is 4.39 Å². The fraction of sp³-hybridized carbons (Fsp3) is 0.125. The molecule has 1 aliphatic rings. The molecule has 168 valence electrons. The number of Topliss-reactive ketones (excluding diaryl/α,β-unsaturated/α-hetero) is 1. The van der Waals surface area contributed by atoms with Crippen LogP contribution < -0.4 is 4.74 Å². The molecule has 2 heterocycles. The van der Waals surface area contributed by atoms with Crippen molar-refractivity contribution in [3.63, 3.8) is 0 Å². The van der Waals surface area contributed by atoms with Crippen LogP contribution in [0, 0.1) is 5.82 Å². The number of methoxy groups -OCH3 is 1. The Morgan fingerprint density at radius 2 is 1.82 bits per heavy atom. The second-order valence-electron chi connectivity index (χ2n) is 7.30. The highest BCUT2D eigenvalue weighted by molar-refractivity contribution is 6.46. The van der Waals surface area contributed by atoms with Gasteiger partial charge in [0.15, 0.2) is 0 Å². The van der Waals surface area contributed by atoms with Gasteiger partial charge in [0.05, 0.1) is 34.3 Å². The van der Waals surface area contributed by atoms with Gasteiger partial charge in [0.25, 0.3) is 11.7 Å². The average Bonchev–Trinajstić information content (AvgIpc) is 3.06. The molecule has 1 unspecified atom stereocenters. The molecule has 1 amide bonds. The second-order valence-corrected chi connectivity index (χ2v) is 8.12. The summed E-state index contributed by atoms with van der Waals surface area (Å²) in [5, 5.41) is 11.7. The number of carbonyl (C=O) groups excluding carboxylic acids is 2. The summed E-state index contributed by atoms with van der Waals surface area (Å²) in [6.07, 6.45) is 3.13. The number of aliphatic hydroxyl groups excluding tert-OH is 1. The van der Waals surface area contributed by atoms with Crippen LogP contribution in [-0.4, -0.2) is 33.8 Å². The minimum Gasteiger partial charge on any atom is -0.507 e. The zero-order chi connectivity index (χ0) is 23.7. The molecule has 1 N–H and O–H groups in total. The summed E-state index contributed by atoms with van der Waals surface area (Å²) < 4.78 is 19.2. The quantitative estimate of drug-likeness (QED) is 0.306. The fourth-order valence-corrected chi connectivity index (χ4v) is 4.07. The van der Waals surface area contributed by atoms with Crippen molar-refractivity contribution in [2.45, 2.75) is 12.6 Å². The van der Waals surface area contributed by atoms with Crippen LogP contribution in [0.5, 0.6) is 5.75 Å². The van der Waals surface area contributed by atoms with Gasteiger partial charge >= 0.3 is 0 Å². The lowest BCUT2D eigenvalue weighted by Crippen LogP contribution is -2.29. The maximum Gasteiger partial charge on any atom is 0.295 e. The van der Waals surface area contributed by atoms with Gasteiger partial charge in [0.1, 0.15) is 17.3 Å². The predicted octanol–water partition coefficient (Wildman–Crippen LogP) is 5.16. The van der Waals surface area contributed by atoms with E-state index >= 15 is 0 Å². The van der Waals surface area contributed by atoms with Gasteiger partial charge in [0, 0.05) is 18.9 Å². The standard InChI is InChI=1S/C24H17Cl2FN2O4/c1-33-19-5-3-15(27)11-16(19)22(30)20-21(14-2-4-17(25)18(26)10-14)29(24(32)23(20)31)12-13-6-8-28-9-7-13/h2-11,21,30H,12H2,1H3/b22-20+. The molecule has 33 heavy (non-hydrogen) atoms. The number of hydrogen-bond donors (Lipinski definition) is 1. The summed E-state index contributed by atoms with van der Waals surface area (Å²) >= 11 is 12.3. The number of likely N-dealkylation sites (tertiary alicyclic amines) is 1. The number of aromatic nitrogens is 1. The van der Waals surface area contributed by atoms with Gasteiger partial charge in [-0.05, 0) is 53.6 Å². The Balaban J connectivity index is 1.93. The van der Waals surface area contributed by atoms with E-state index < -0.39 is 29.3 Å². The zero-order valence-corrected chi connectivity index (χ0v) is 18.8. The average molecular weight is 487 g/mol. The summed E-state index contributed by atoms with van der Waals surface area (Å²) in [5.74, 6) is -2.79. The number of ether oxygens (including phenoxy) is 1. The number of nitrogens with zero attached hydrogens (tertiary/aromatic N) is 2. The van der Waals surface area contributed by atoms with Crippen LogP contribution >= 0.6 is 23.2 Å². The van der Waals surface area contributed by atoms with E-state index in [0.717, 1.165) is 17.7 Å². The molecule has 0 radical (unpaired) electrons. The highest BCUT2D eigenvalue weighted by Gasteiger charge is 2.46. The van der Waals surface area contributed by atoms with E-state index in [1.807, 2.05) is 0 Å². The van der Waals surface area contributed by atoms with Crippen LogP contribution in [-0.2, 0) is 16.1 Å². The van der Waals surface area contributed by atoms with Gasteiger partial charge in [-0.15, -0.1) is 0 Å². The largest absolute Gasteiger partial charge is 0.507 e. The van der Waals surface area contributed by atoms with Crippen LogP contribution in [0.3, 0.4) is 0 Å². The molecular weight excluding hydrogens is 470 g/mol. The first-order chi connectivity index (χ1) is 15.8. The molecule has 1 saturated heterocycles. The molecule has 0 aliphatic carbocycles. The van der Waals surface area contributed by atoms with Gasteiger partial charge in [-0.25, -0.2) is 4.39 Å². The van der Waals surface area contributed by atoms with Gasteiger partial charge < -0.3 is 14.7 Å².